The second kappa shape index (κ2) is 4.09. The van der Waals surface area contributed by atoms with Crippen molar-refractivity contribution in [2.75, 3.05) is 0 Å². The molecule has 0 unspecified atom stereocenters. The molecule has 1 aromatic carbocycles. The van der Waals surface area contributed by atoms with Crippen LogP contribution in [-0.4, -0.2) is 16.9 Å². The summed E-state index contributed by atoms with van der Waals surface area (Å²) in [5.41, 5.74) is 3.04. The van der Waals surface area contributed by atoms with E-state index < -0.39 is 5.97 Å². The van der Waals surface area contributed by atoms with Gasteiger partial charge < -0.3 is 5.11 Å². The Morgan fingerprint density at radius 3 is 2.83 bits per heavy atom. The summed E-state index contributed by atoms with van der Waals surface area (Å²) in [6, 6.07) is 7.81. The minimum absolute atomic E-state index is 0.00454. The van der Waals surface area contributed by atoms with Crippen molar-refractivity contribution in [3.63, 3.8) is 0 Å². The van der Waals surface area contributed by atoms with Gasteiger partial charge in [0.25, 0.3) is 0 Å². The molecule has 1 aromatic rings. The van der Waals surface area contributed by atoms with Crippen LogP contribution in [0.4, 0.5) is 0 Å². The van der Waals surface area contributed by atoms with Gasteiger partial charge >= 0.3 is 5.97 Å². The van der Waals surface area contributed by atoms with E-state index in [2.05, 4.69) is 0 Å². The molecule has 3 nitrogen and oxygen atoms in total. The van der Waals surface area contributed by atoms with Crippen molar-refractivity contribution in [1.29, 1.82) is 0 Å². The third-order valence-corrected chi connectivity index (χ3v) is 3.99. The topological polar surface area (TPSA) is 54.4 Å². The number of benzene rings is 1. The first kappa shape index (κ1) is 11.2. The molecular weight excluding hydrogens is 228 g/mol. The number of allylic oxidation sites excluding steroid dienone is 2. The molecule has 0 amide bonds. The van der Waals surface area contributed by atoms with Crippen LogP contribution in [0, 0.1) is 11.8 Å². The predicted octanol–water partition coefficient (Wildman–Crippen LogP) is 2.31. The Hall–Kier alpha value is -1.90. The van der Waals surface area contributed by atoms with E-state index in [-0.39, 0.29) is 17.6 Å². The molecule has 2 atom stereocenters. The Morgan fingerprint density at radius 1 is 1.28 bits per heavy atom. The van der Waals surface area contributed by atoms with E-state index in [0.29, 0.717) is 19.3 Å². The maximum atomic E-state index is 11.6. The fraction of sp³-hybridized carbons (Fsp3) is 0.333. The minimum Gasteiger partial charge on any atom is -0.481 e. The third-order valence-electron chi connectivity index (χ3n) is 3.99. The van der Waals surface area contributed by atoms with Gasteiger partial charge in [-0.2, -0.15) is 0 Å². The van der Waals surface area contributed by atoms with E-state index >= 15 is 0 Å². The molecule has 0 aliphatic heterocycles. The largest absolute Gasteiger partial charge is 0.481 e. The molecule has 0 saturated heterocycles. The normalized spacial score (nSPS) is 26.0. The lowest BCUT2D eigenvalue weighted by Gasteiger charge is -2.35. The number of carbonyl (C=O) groups excluding carboxylic acids is 1. The van der Waals surface area contributed by atoms with Gasteiger partial charge in [-0.3, -0.25) is 9.59 Å². The van der Waals surface area contributed by atoms with E-state index in [9.17, 15) is 14.7 Å². The Bertz CT molecular complexity index is 557. The number of rotatable bonds is 1. The summed E-state index contributed by atoms with van der Waals surface area (Å²) < 4.78 is 0. The van der Waals surface area contributed by atoms with E-state index in [4.69, 9.17) is 0 Å². The smallest absolute Gasteiger partial charge is 0.307 e. The summed E-state index contributed by atoms with van der Waals surface area (Å²) in [6.45, 7) is 0. The summed E-state index contributed by atoms with van der Waals surface area (Å²) in [6.07, 6.45) is 3.36. The Kier molecular flexibility index (Phi) is 2.54. The van der Waals surface area contributed by atoms with Crippen molar-refractivity contribution in [3.05, 3.63) is 41.5 Å². The molecule has 0 aromatic heterocycles. The monoisotopic (exact) mass is 242 g/mol. The second-order valence-corrected chi connectivity index (χ2v) is 5.02. The number of carboxylic acid groups (broad SMARTS) is 1. The van der Waals surface area contributed by atoms with Crippen molar-refractivity contribution < 1.29 is 14.7 Å². The number of hydrogen-bond donors (Lipinski definition) is 1. The highest BCUT2D eigenvalue weighted by molar-refractivity contribution is 6.00. The highest BCUT2D eigenvalue weighted by Gasteiger charge is 2.38. The lowest BCUT2D eigenvalue weighted by Crippen LogP contribution is -2.33. The van der Waals surface area contributed by atoms with Crippen molar-refractivity contribution in [2.45, 2.75) is 19.3 Å². The van der Waals surface area contributed by atoms with Crippen LogP contribution in [0.1, 0.15) is 24.0 Å². The first-order valence-electron chi connectivity index (χ1n) is 6.22. The van der Waals surface area contributed by atoms with Crippen LogP contribution in [0.2, 0.25) is 0 Å². The van der Waals surface area contributed by atoms with E-state index in [0.717, 1.165) is 16.7 Å². The molecule has 92 valence electrons. The summed E-state index contributed by atoms with van der Waals surface area (Å²) >= 11 is 0. The van der Waals surface area contributed by atoms with Crippen LogP contribution < -0.4 is 0 Å². The standard InChI is InChI=1S/C15H14O3/c16-10-5-6-12-13(8-10)11-4-2-1-3-9(11)7-14(12)15(17)18/h1-4,8,12,14H,5-7H2,(H,17,18)/t12-,14-/m0/s1. The molecule has 0 fully saturated rings. The molecule has 0 heterocycles. The number of fused-ring (bicyclic) bond motifs is 3. The first-order valence-corrected chi connectivity index (χ1v) is 6.22. The number of ketones is 1. The highest BCUT2D eigenvalue weighted by atomic mass is 16.4. The van der Waals surface area contributed by atoms with Gasteiger partial charge in [-0.25, -0.2) is 0 Å². The second-order valence-electron chi connectivity index (χ2n) is 5.02. The number of aliphatic carboxylic acids is 1. The quantitative estimate of drug-likeness (QED) is 0.822. The third kappa shape index (κ3) is 1.67. The fourth-order valence-electron chi connectivity index (χ4n) is 3.12. The fourth-order valence-corrected chi connectivity index (χ4v) is 3.12. The molecule has 2 aliphatic rings. The van der Waals surface area contributed by atoms with Crippen LogP contribution in [-0.2, 0) is 16.0 Å². The Balaban J connectivity index is 2.15. The zero-order valence-corrected chi connectivity index (χ0v) is 9.93. The summed E-state index contributed by atoms with van der Waals surface area (Å²) in [5, 5.41) is 9.36. The summed E-state index contributed by atoms with van der Waals surface area (Å²) in [4.78, 5) is 23.0. The Morgan fingerprint density at radius 2 is 2.06 bits per heavy atom. The first-order chi connectivity index (χ1) is 8.66. The van der Waals surface area contributed by atoms with Crippen LogP contribution >= 0.6 is 0 Å². The molecule has 0 radical (unpaired) electrons. The lowest BCUT2D eigenvalue weighted by molar-refractivity contribution is -0.143. The van der Waals surface area contributed by atoms with Gasteiger partial charge in [0.1, 0.15) is 0 Å². The number of carbonyl (C=O) groups is 2. The maximum absolute atomic E-state index is 11.6. The van der Waals surface area contributed by atoms with E-state index in [1.165, 1.54) is 0 Å². The van der Waals surface area contributed by atoms with Crippen molar-refractivity contribution in [3.8, 4) is 0 Å². The van der Waals surface area contributed by atoms with Gasteiger partial charge in [0.05, 0.1) is 5.92 Å². The SMILES string of the molecule is O=C1C=C2c3ccccc3C[C@H](C(=O)O)[C@H]2CC1. The number of hydrogen-bond acceptors (Lipinski definition) is 2. The summed E-state index contributed by atoms with van der Waals surface area (Å²) in [7, 11) is 0. The van der Waals surface area contributed by atoms with Crippen LogP contribution in [0.25, 0.3) is 5.57 Å². The van der Waals surface area contributed by atoms with Crippen LogP contribution in [0.3, 0.4) is 0 Å². The molecular formula is C15H14O3. The van der Waals surface area contributed by atoms with Crippen molar-refractivity contribution >= 4 is 17.3 Å². The molecule has 18 heavy (non-hydrogen) atoms. The average Bonchev–Trinajstić information content (AvgIpc) is 2.37. The van der Waals surface area contributed by atoms with Gasteiger partial charge in [0, 0.05) is 6.42 Å². The lowest BCUT2D eigenvalue weighted by atomic mass is 9.68. The molecule has 0 bridgehead atoms. The molecule has 0 saturated carbocycles. The van der Waals surface area contributed by atoms with E-state index in [1.54, 1.807) is 6.08 Å². The minimum atomic E-state index is -0.755. The highest BCUT2D eigenvalue weighted by Crippen LogP contribution is 2.43. The van der Waals surface area contributed by atoms with E-state index in [1.807, 2.05) is 24.3 Å². The Labute approximate surface area is 105 Å². The van der Waals surface area contributed by atoms with Gasteiger partial charge in [-0.1, -0.05) is 24.3 Å². The van der Waals surface area contributed by atoms with Gasteiger partial charge in [-0.15, -0.1) is 0 Å². The molecule has 3 rings (SSSR count). The van der Waals surface area contributed by atoms with Crippen LogP contribution in [0.15, 0.2) is 30.3 Å². The van der Waals surface area contributed by atoms with Gasteiger partial charge in [0.2, 0.25) is 0 Å². The van der Waals surface area contributed by atoms with Gasteiger partial charge in [0.15, 0.2) is 5.78 Å². The molecule has 3 heteroatoms. The van der Waals surface area contributed by atoms with Crippen molar-refractivity contribution in [1.82, 2.24) is 0 Å². The summed E-state index contributed by atoms with van der Waals surface area (Å²) in [5.74, 6) is -1.04. The van der Waals surface area contributed by atoms with Crippen molar-refractivity contribution in [2.24, 2.45) is 11.8 Å². The predicted molar refractivity (Wildman–Crippen MR) is 67.0 cm³/mol. The number of carboxylic acids is 1. The molecule has 1 N–H and O–H groups in total. The van der Waals surface area contributed by atoms with Crippen LogP contribution in [0.5, 0.6) is 0 Å². The maximum Gasteiger partial charge on any atom is 0.307 e. The zero-order valence-electron chi connectivity index (χ0n) is 9.93. The van der Waals surface area contributed by atoms with Gasteiger partial charge in [-0.05, 0) is 41.5 Å². The average molecular weight is 242 g/mol. The zero-order chi connectivity index (χ0) is 12.7. The molecule has 2 aliphatic carbocycles. The molecule has 0 spiro atoms.